The normalized spacial score (nSPS) is 11.6. The Balaban J connectivity index is 1.98. The molecule has 0 aliphatic rings. The van der Waals surface area contributed by atoms with Crippen molar-refractivity contribution in [2.75, 3.05) is 32.8 Å². The number of nitrogens with two attached hydrogens (primary N) is 2. The van der Waals surface area contributed by atoms with Gasteiger partial charge in [-0.05, 0) is 36.2 Å². The van der Waals surface area contributed by atoms with Crippen LogP contribution >= 0.6 is 11.3 Å². The minimum absolute atomic E-state index is 0.0147. The molecule has 0 saturated carbocycles. The molecule has 0 radical (unpaired) electrons. The van der Waals surface area contributed by atoms with Gasteiger partial charge in [-0.25, -0.2) is 9.98 Å². The number of ether oxygens (including phenoxy) is 3. The van der Waals surface area contributed by atoms with Gasteiger partial charge in [0.15, 0.2) is 17.5 Å². The Labute approximate surface area is 209 Å². The van der Waals surface area contributed by atoms with Gasteiger partial charge in [0.05, 0.1) is 31.9 Å². The van der Waals surface area contributed by atoms with Crippen molar-refractivity contribution < 1.29 is 28.5 Å². The molecule has 0 fully saturated rings. The fourth-order valence-corrected chi connectivity index (χ4v) is 4.65. The molecule has 0 bridgehead atoms. The molecule has 0 spiro atoms. The summed E-state index contributed by atoms with van der Waals surface area (Å²) in [6.45, 7) is 3.82. The van der Waals surface area contributed by atoms with Crippen molar-refractivity contribution in [3.63, 3.8) is 0 Å². The van der Waals surface area contributed by atoms with Crippen LogP contribution in [0.1, 0.15) is 30.3 Å². The highest BCUT2D eigenvalue weighted by atomic mass is 32.1. The molecule has 4 rings (SSSR count). The average molecular weight is 510 g/mol. The first-order chi connectivity index (χ1) is 17.2. The second-order valence-electron chi connectivity index (χ2n) is 7.83. The van der Waals surface area contributed by atoms with Crippen LogP contribution in [0.25, 0.3) is 21.3 Å². The van der Waals surface area contributed by atoms with Gasteiger partial charge in [0.25, 0.3) is 6.20 Å². The van der Waals surface area contributed by atoms with E-state index in [-0.39, 0.29) is 33.9 Å². The second kappa shape index (κ2) is 9.59. The van der Waals surface area contributed by atoms with Crippen LogP contribution in [0.3, 0.4) is 0 Å². The number of methoxy groups -OCH3 is 3. The highest BCUT2D eigenvalue weighted by Gasteiger charge is 2.24. The van der Waals surface area contributed by atoms with Crippen molar-refractivity contribution in [3.8, 4) is 34.4 Å². The maximum Gasteiger partial charge on any atom is 0.320 e. The Morgan fingerprint density at radius 1 is 1.19 bits per heavy atom. The SMILES string of the molecule is COc1cc(-c2c(C#N)c(N)nc3sc(/C([O-])=N/c4c[n+](C(C)C)no4)c(N)c23)cc(OC)c1OC. The Kier molecular flexibility index (Phi) is 6.54. The zero-order valence-electron chi connectivity index (χ0n) is 20.1. The number of rotatable bonds is 7. The molecular weight excluding hydrogens is 486 g/mol. The largest absolute Gasteiger partial charge is 0.857 e. The molecule has 12 nitrogen and oxygen atoms in total. The number of anilines is 2. The van der Waals surface area contributed by atoms with E-state index in [9.17, 15) is 10.4 Å². The van der Waals surface area contributed by atoms with Crippen LogP contribution < -0.4 is 35.5 Å². The topological polar surface area (TPSA) is 182 Å². The number of aromatic nitrogens is 3. The summed E-state index contributed by atoms with van der Waals surface area (Å²) >= 11 is 1.01. The maximum atomic E-state index is 13.0. The number of aliphatic imine (C=N–C) groups is 1. The van der Waals surface area contributed by atoms with Crippen molar-refractivity contribution in [2.45, 2.75) is 19.9 Å². The van der Waals surface area contributed by atoms with Gasteiger partial charge in [-0.2, -0.15) is 5.26 Å². The molecule has 0 amide bonds. The molecule has 4 aromatic rings. The molecule has 13 heteroatoms. The second-order valence-corrected chi connectivity index (χ2v) is 8.83. The summed E-state index contributed by atoms with van der Waals surface area (Å²) in [4.78, 5) is 8.80. The minimum Gasteiger partial charge on any atom is -0.857 e. The zero-order chi connectivity index (χ0) is 26.1. The summed E-state index contributed by atoms with van der Waals surface area (Å²) in [5, 5.41) is 27.2. The molecule has 0 aliphatic carbocycles. The minimum atomic E-state index is -0.643. The van der Waals surface area contributed by atoms with E-state index in [1.807, 2.05) is 13.8 Å². The highest BCUT2D eigenvalue weighted by molar-refractivity contribution is 7.21. The zero-order valence-corrected chi connectivity index (χ0v) is 21.0. The Bertz CT molecular complexity index is 1510. The van der Waals surface area contributed by atoms with E-state index in [1.165, 1.54) is 32.2 Å². The van der Waals surface area contributed by atoms with E-state index in [1.54, 1.807) is 12.1 Å². The van der Waals surface area contributed by atoms with Crippen LogP contribution in [0.4, 0.5) is 17.4 Å². The lowest BCUT2D eigenvalue weighted by atomic mass is 9.96. The van der Waals surface area contributed by atoms with Gasteiger partial charge in [-0.3, -0.25) is 4.52 Å². The van der Waals surface area contributed by atoms with Crippen LogP contribution in [-0.2, 0) is 0 Å². The van der Waals surface area contributed by atoms with Gasteiger partial charge in [-0.15, -0.1) is 11.3 Å². The monoisotopic (exact) mass is 509 g/mol. The maximum absolute atomic E-state index is 13.0. The summed E-state index contributed by atoms with van der Waals surface area (Å²) in [5.41, 5.74) is 13.7. The van der Waals surface area contributed by atoms with Crippen LogP contribution in [0.5, 0.6) is 17.2 Å². The van der Waals surface area contributed by atoms with E-state index in [4.69, 9.17) is 30.2 Å². The predicted molar refractivity (Wildman–Crippen MR) is 132 cm³/mol. The van der Waals surface area contributed by atoms with Crippen molar-refractivity contribution in [3.05, 3.63) is 28.8 Å². The standard InChI is InChI=1S/C23H23N7O5S/c1-10(2)30-9-15(35-29-30)27-22(31)20-18(25)17-16(12(8-24)21(26)28-23(17)36-20)11-6-13(32-3)19(34-5)14(7-11)33-4/h6-7,9-10H,1-5H3,(H4-,25,26,27,28,29,31). The molecule has 0 saturated heterocycles. The van der Waals surface area contributed by atoms with Gasteiger partial charge < -0.3 is 30.8 Å². The van der Waals surface area contributed by atoms with E-state index >= 15 is 0 Å². The molecule has 1 aromatic carbocycles. The summed E-state index contributed by atoms with van der Waals surface area (Å²) in [5.74, 6) is 0.473. The number of hydrogen-bond acceptors (Lipinski definition) is 12. The average Bonchev–Trinajstić information content (AvgIpc) is 3.46. The molecule has 0 unspecified atom stereocenters. The first kappa shape index (κ1) is 24.6. The van der Waals surface area contributed by atoms with Crippen molar-refractivity contribution in [2.24, 2.45) is 4.99 Å². The number of nitriles is 1. The summed E-state index contributed by atoms with van der Waals surface area (Å²) in [6.07, 6.45) is 1.51. The van der Waals surface area contributed by atoms with E-state index in [0.717, 1.165) is 11.3 Å². The molecule has 186 valence electrons. The first-order valence-corrected chi connectivity index (χ1v) is 11.4. The Hall–Kier alpha value is -4.57. The fraction of sp³-hybridized carbons (Fsp3) is 0.261. The van der Waals surface area contributed by atoms with E-state index in [0.29, 0.717) is 38.6 Å². The third-order valence-corrected chi connectivity index (χ3v) is 6.46. The lowest BCUT2D eigenvalue weighted by Crippen LogP contribution is -2.36. The van der Waals surface area contributed by atoms with Crippen LogP contribution in [-0.4, -0.2) is 37.5 Å². The number of hydrogen-bond donors (Lipinski definition) is 2. The van der Waals surface area contributed by atoms with Crippen LogP contribution in [0.2, 0.25) is 0 Å². The summed E-state index contributed by atoms with van der Waals surface area (Å²) in [6, 6.07) is 5.45. The molecule has 4 N–H and O–H groups in total. The van der Waals surface area contributed by atoms with Gasteiger partial charge in [0.2, 0.25) is 11.0 Å². The Morgan fingerprint density at radius 3 is 2.39 bits per heavy atom. The molecule has 3 aromatic heterocycles. The summed E-state index contributed by atoms with van der Waals surface area (Å²) < 4.78 is 23.0. The van der Waals surface area contributed by atoms with Crippen LogP contribution in [0, 0.1) is 11.3 Å². The predicted octanol–water partition coefficient (Wildman–Crippen LogP) is 2.32. The van der Waals surface area contributed by atoms with Crippen molar-refractivity contribution >= 4 is 44.8 Å². The lowest BCUT2D eigenvalue weighted by Gasteiger charge is -2.16. The number of nitrogen functional groups attached to an aromatic ring is 2. The van der Waals surface area contributed by atoms with E-state index in [2.05, 4.69) is 21.3 Å². The number of benzene rings is 1. The molecule has 0 aliphatic heterocycles. The Morgan fingerprint density at radius 2 is 1.86 bits per heavy atom. The van der Waals surface area contributed by atoms with Gasteiger partial charge in [0.1, 0.15) is 22.3 Å². The number of pyridine rings is 1. The fourth-order valence-electron chi connectivity index (χ4n) is 3.65. The quantitative estimate of drug-likeness (QED) is 0.213. The van der Waals surface area contributed by atoms with Gasteiger partial charge >= 0.3 is 5.88 Å². The number of thiophene rings is 1. The van der Waals surface area contributed by atoms with E-state index < -0.39 is 5.90 Å². The number of fused-ring (bicyclic) bond motifs is 1. The van der Waals surface area contributed by atoms with Crippen molar-refractivity contribution in [1.29, 1.82) is 5.26 Å². The smallest absolute Gasteiger partial charge is 0.320 e. The lowest BCUT2D eigenvalue weighted by molar-refractivity contribution is -0.779. The molecular formula is C23H23N7O5S. The number of nitrogens with zero attached hydrogens (tertiary/aromatic N) is 5. The molecule has 3 heterocycles. The van der Waals surface area contributed by atoms with Crippen LogP contribution in [0.15, 0.2) is 27.8 Å². The third kappa shape index (κ3) is 4.07. The van der Waals surface area contributed by atoms with Gasteiger partial charge in [0, 0.05) is 16.8 Å². The van der Waals surface area contributed by atoms with Gasteiger partial charge in [-0.1, -0.05) is 0 Å². The summed E-state index contributed by atoms with van der Waals surface area (Å²) in [7, 11) is 4.44. The van der Waals surface area contributed by atoms with Crippen molar-refractivity contribution in [1.82, 2.24) is 10.3 Å². The third-order valence-electron chi connectivity index (χ3n) is 5.38. The first-order valence-electron chi connectivity index (χ1n) is 10.6. The molecule has 0 atom stereocenters. The molecule has 36 heavy (non-hydrogen) atoms. The highest BCUT2D eigenvalue weighted by Crippen LogP contribution is 2.47.